The molecule has 0 aliphatic carbocycles. The first-order valence-corrected chi connectivity index (χ1v) is 4.86. The summed E-state index contributed by atoms with van der Waals surface area (Å²) in [5.41, 5.74) is 2.49. The highest BCUT2D eigenvalue weighted by atomic mass is 35.5. The number of rotatable bonds is 4. The largest absolute Gasteiger partial charge is 0.281 e. The molecule has 0 aliphatic rings. The fraction of sp³-hybridized carbons (Fsp3) is 0.364. The van der Waals surface area contributed by atoms with E-state index < -0.39 is 0 Å². The molecule has 0 saturated heterocycles. The summed E-state index contributed by atoms with van der Waals surface area (Å²) in [5, 5.41) is -0.264. The van der Waals surface area contributed by atoms with Crippen molar-refractivity contribution in [2.45, 2.75) is 26.2 Å². The number of benzene rings is 1. The summed E-state index contributed by atoms with van der Waals surface area (Å²) in [6.07, 6.45) is 2.22. The van der Waals surface area contributed by atoms with E-state index in [-0.39, 0.29) is 5.24 Å². The molecule has 1 aromatic rings. The van der Waals surface area contributed by atoms with E-state index in [1.807, 2.05) is 0 Å². The summed E-state index contributed by atoms with van der Waals surface area (Å²) in [6, 6.07) is 8.29. The van der Waals surface area contributed by atoms with Crippen molar-refractivity contribution < 1.29 is 4.79 Å². The van der Waals surface area contributed by atoms with Gasteiger partial charge in [-0.15, -0.1) is 0 Å². The van der Waals surface area contributed by atoms with Crippen molar-refractivity contribution in [3.63, 3.8) is 0 Å². The zero-order valence-corrected chi connectivity index (χ0v) is 8.47. The van der Waals surface area contributed by atoms with Crippen molar-refractivity contribution >= 4 is 16.8 Å². The molecular weight excluding hydrogens is 184 g/mol. The Balaban J connectivity index is 2.54. The second kappa shape index (κ2) is 5.03. The molecule has 0 saturated carbocycles. The van der Waals surface area contributed by atoms with Gasteiger partial charge in [-0.05, 0) is 35.6 Å². The Labute approximate surface area is 83.7 Å². The van der Waals surface area contributed by atoms with Gasteiger partial charge in [0.05, 0.1) is 0 Å². The third-order valence-electron chi connectivity index (χ3n) is 2.04. The van der Waals surface area contributed by atoms with Crippen molar-refractivity contribution in [2.75, 3.05) is 0 Å². The molecule has 0 spiro atoms. The second-order valence-corrected chi connectivity index (χ2v) is 3.45. The van der Waals surface area contributed by atoms with E-state index in [0.717, 1.165) is 12.8 Å². The lowest BCUT2D eigenvalue weighted by Gasteiger charge is -2.00. The summed E-state index contributed by atoms with van der Waals surface area (Å²) < 4.78 is 0. The topological polar surface area (TPSA) is 17.1 Å². The monoisotopic (exact) mass is 196 g/mol. The molecule has 13 heavy (non-hydrogen) atoms. The van der Waals surface area contributed by atoms with E-state index in [1.54, 1.807) is 0 Å². The molecule has 0 aliphatic heterocycles. The van der Waals surface area contributed by atoms with E-state index in [0.29, 0.717) is 6.42 Å². The molecule has 0 fully saturated rings. The average Bonchev–Trinajstić information content (AvgIpc) is 2.15. The maximum atomic E-state index is 10.5. The highest BCUT2D eigenvalue weighted by Gasteiger charge is 1.97. The molecule has 2 heteroatoms. The molecule has 0 amide bonds. The van der Waals surface area contributed by atoms with Crippen LogP contribution in [-0.4, -0.2) is 5.24 Å². The van der Waals surface area contributed by atoms with Gasteiger partial charge in [-0.2, -0.15) is 0 Å². The molecule has 70 valence electrons. The Kier molecular flexibility index (Phi) is 3.97. The van der Waals surface area contributed by atoms with Crippen molar-refractivity contribution in [1.29, 1.82) is 0 Å². The van der Waals surface area contributed by atoms with Gasteiger partial charge in [0.15, 0.2) is 0 Å². The Hall–Kier alpha value is -0.820. The number of aryl methyl sites for hydroxylation is 2. The Bertz CT molecular complexity index is 277. The maximum absolute atomic E-state index is 10.5. The van der Waals surface area contributed by atoms with Gasteiger partial charge in [-0.1, -0.05) is 31.2 Å². The van der Waals surface area contributed by atoms with E-state index in [9.17, 15) is 4.79 Å². The molecule has 1 aromatic carbocycles. The summed E-state index contributed by atoms with van der Waals surface area (Å²) in [7, 11) is 0. The Morgan fingerprint density at radius 3 is 2.23 bits per heavy atom. The van der Waals surface area contributed by atoms with Crippen LogP contribution in [0.15, 0.2) is 24.3 Å². The van der Waals surface area contributed by atoms with Gasteiger partial charge in [-0.25, -0.2) is 0 Å². The SMILES string of the molecule is CCc1ccc(CCC(=O)Cl)cc1. The van der Waals surface area contributed by atoms with Crippen molar-refractivity contribution in [1.82, 2.24) is 0 Å². The minimum atomic E-state index is -0.264. The van der Waals surface area contributed by atoms with Gasteiger partial charge in [0.25, 0.3) is 0 Å². The zero-order chi connectivity index (χ0) is 9.68. The van der Waals surface area contributed by atoms with Crippen LogP contribution < -0.4 is 0 Å². The van der Waals surface area contributed by atoms with E-state index in [4.69, 9.17) is 11.6 Å². The van der Waals surface area contributed by atoms with Crippen LogP contribution in [0.2, 0.25) is 0 Å². The van der Waals surface area contributed by atoms with Crippen LogP contribution in [0.3, 0.4) is 0 Å². The highest BCUT2D eigenvalue weighted by molar-refractivity contribution is 6.63. The van der Waals surface area contributed by atoms with Crippen LogP contribution in [0.5, 0.6) is 0 Å². The lowest BCUT2D eigenvalue weighted by Crippen LogP contribution is -1.91. The number of carbonyl (C=O) groups excluding carboxylic acids is 1. The molecule has 0 aromatic heterocycles. The average molecular weight is 197 g/mol. The molecular formula is C11H13ClO. The predicted molar refractivity (Wildman–Crippen MR) is 55.0 cm³/mol. The molecule has 0 atom stereocenters. The van der Waals surface area contributed by atoms with E-state index in [2.05, 4.69) is 31.2 Å². The van der Waals surface area contributed by atoms with Crippen molar-refractivity contribution in [3.8, 4) is 0 Å². The van der Waals surface area contributed by atoms with Crippen molar-refractivity contribution in [3.05, 3.63) is 35.4 Å². The number of hydrogen-bond donors (Lipinski definition) is 0. The normalized spacial score (nSPS) is 10.0. The van der Waals surface area contributed by atoms with Gasteiger partial charge in [0.1, 0.15) is 0 Å². The molecule has 1 nitrogen and oxygen atoms in total. The molecule has 0 bridgehead atoms. The molecule has 1 rings (SSSR count). The van der Waals surface area contributed by atoms with Gasteiger partial charge in [0.2, 0.25) is 5.24 Å². The van der Waals surface area contributed by atoms with Gasteiger partial charge >= 0.3 is 0 Å². The van der Waals surface area contributed by atoms with Crippen LogP contribution in [0.4, 0.5) is 0 Å². The minimum Gasteiger partial charge on any atom is -0.281 e. The Morgan fingerprint density at radius 1 is 1.23 bits per heavy atom. The van der Waals surface area contributed by atoms with Crippen LogP contribution in [0.25, 0.3) is 0 Å². The van der Waals surface area contributed by atoms with Crippen LogP contribution in [0, 0.1) is 0 Å². The quantitative estimate of drug-likeness (QED) is 0.677. The Morgan fingerprint density at radius 2 is 1.77 bits per heavy atom. The number of hydrogen-bond acceptors (Lipinski definition) is 1. The smallest absolute Gasteiger partial charge is 0.221 e. The third kappa shape index (κ3) is 3.60. The maximum Gasteiger partial charge on any atom is 0.221 e. The van der Waals surface area contributed by atoms with E-state index in [1.165, 1.54) is 11.1 Å². The number of halogens is 1. The molecule has 0 unspecified atom stereocenters. The lowest BCUT2D eigenvalue weighted by atomic mass is 10.1. The third-order valence-corrected chi connectivity index (χ3v) is 2.23. The fourth-order valence-electron chi connectivity index (χ4n) is 1.18. The minimum absolute atomic E-state index is 0.264. The molecule has 0 radical (unpaired) electrons. The number of carbonyl (C=O) groups is 1. The molecule has 0 heterocycles. The van der Waals surface area contributed by atoms with Gasteiger partial charge in [0, 0.05) is 6.42 Å². The highest BCUT2D eigenvalue weighted by Crippen LogP contribution is 2.07. The zero-order valence-electron chi connectivity index (χ0n) is 7.72. The summed E-state index contributed by atoms with van der Waals surface area (Å²) in [4.78, 5) is 10.5. The predicted octanol–water partition coefficient (Wildman–Crippen LogP) is 2.95. The van der Waals surface area contributed by atoms with Crippen LogP contribution >= 0.6 is 11.6 Å². The first kappa shape index (κ1) is 10.3. The first-order valence-electron chi connectivity index (χ1n) is 4.48. The molecule has 0 N–H and O–H groups in total. The standard InChI is InChI=1S/C11H13ClO/c1-2-9-3-5-10(6-4-9)7-8-11(12)13/h3-6H,2,7-8H2,1H3. The van der Waals surface area contributed by atoms with Crippen molar-refractivity contribution in [2.24, 2.45) is 0 Å². The summed E-state index contributed by atoms with van der Waals surface area (Å²) >= 11 is 5.25. The second-order valence-electron chi connectivity index (χ2n) is 3.03. The van der Waals surface area contributed by atoms with Gasteiger partial charge in [-0.3, -0.25) is 4.79 Å². The summed E-state index contributed by atoms with van der Waals surface area (Å²) in [5.74, 6) is 0. The van der Waals surface area contributed by atoms with Crippen LogP contribution in [0.1, 0.15) is 24.5 Å². The van der Waals surface area contributed by atoms with Crippen LogP contribution in [-0.2, 0) is 17.6 Å². The first-order chi connectivity index (χ1) is 6.22. The van der Waals surface area contributed by atoms with E-state index >= 15 is 0 Å². The summed E-state index contributed by atoms with van der Waals surface area (Å²) in [6.45, 7) is 2.12. The van der Waals surface area contributed by atoms with Gasteiger partial charge < -0.3 is 0 Å². The lowest BCUT2D eigenvalue weighted by molar-refractivity contribution is -0.111. The fourth-order valence-corrected chi connectivity index (χ4v) is 1.28.